The van der Waals surface area contributed by atoms with Gasteiger partial charge in [-0.15, -0.1) is 0 Å². The summed E-state index contributed by atoms with van der Waals surface area (Å²) < 4.78 is 0. The van der Waals surface area contributed by atoms with Gasteiger partial charge < -0.3 is 14.9 Å². The fourth-order valence-corrected chi connectivity index (χ4v) is 2.48. The number of carbonyl (C=O) groups is 2. The van der Waals surface area contributed by atoms with Crippen LogP contribution >= 0.6 is 0 Å². The Labute approximate surface area is 136 Å². The van der Waals surface area contributed by atoms with Crippen molar-refractivity contribution in [1.29, 1.82) is 0 Å². The number of piperazine rings is 1. The monoisotopic (exact) mass is 327 g/mol. The number of rotatable bonds is 3. The highest BCUT2D eigenvalue weighted by atomic mass is 16.6. The molecule has 8 nitrogen and oxygen atoms in total. The van der Waals surface area contributed by atoms with Gasteiger partial charge in [-0.1, -0.05) is 0 Å². The number of amides is 2. The molecule has 0 spiro atoms. The molecule has 0 unspecified atom stereocenters. The average Bonchev–Trinajstić information content (AvgIpc) is 2.57. The second-order valence-corrected chi connectivity index (χ2v) is 5.25. The maximum atomic E-state index is 12.4. The number of nitro groups is 1. The van der Waals surface area contributed by atoms with Crippen molar-refractivity contribution in [3.8, 4) is 5.75 Å². The van der Waals surface area contributed by atoms with E-state index < -0.39 is 4.92 Å². The standard InChI is InChI=1S/C16H13N3O5/c20-14-7-5-12(6-8-14)18-10-15(21)17(9-16(18)22)11-1-3-13(4-2-11)19(23)24/h1-8,20H,9-10H2. The molecular weight excluding hydrogens is 314 g/mol. The molecule has 0 atom stereocenters. The summed E-state index contributed by atoms with van der Waals surface area (Å²) >= 11 is 0. The summed E-state index contributed by atoms with van der Waals surface area (Å²) in [6, 6.07) is 11.5. The first-order valence-corrected chi connectivity index (χ1v) is 7.10. The molecule has 8 heteroatoms. The van der Waals surface area contributed by atoms with Crippen LogP contribution in [0, 0.1) is 10.1 Å². The number of hydrogen-bond acceptors (Lipinski definition) is 5. The van der Waals surface area contributed by atoms with Gasteiger partial charge in [-0.05, 0) is 36.4 Å². The van der Waals surface area contributed by atoms with E-state index in [1.54, 1.807) is 12.1 Å². The quantitative estimate of drug-likeness (QED) is 0.682. The van der Waals surface area contributed by atoms with Crippen LogP contribution in [-0.2, 0) is 9.59 Å². The molecule has 0 aromatic heterocycles. The number of phenols is 1. The second-order valence-electron chi connectivity index (χ2n) is 5.25. The summed E-state index contributed by atoms with van der Waals surface area (Å²) in [5.74, 6) is -0.503. The number of phenolic OH excluding ortho intramolecular Hbond substituents is 1. The van der Waals surface area contributed by atoms with Crippen LogP contribution in [0.2, 0.25) is 0 Å². The topological polar surface area (TPSA) is 104 Å². The minimum Gasteiger partial charge on any atom is -0.508 e. The van der Waals surface area contributed by atoms with Gasteiger partial charge in [-0.2, -0.15) is 0 Å². The van der Waals surface area contributed by atoms with E-state index in [-0.39, 0.29) is 36.3 Å². The largest absolute Gasteiger partial charge is 0.508 e. The molecule has 3 rings (SSSR count). The summed E-state index contributed by atoms with van der Waals surface area (Å²) in [4.78, 5) is 37.5. The van der Waals surface area contributed by atoms with E-state index in [9.17, 15) is 24.8 Å². The molecule has 0 radical (unpaired) electrons. The van der Waals surface area contributed by atoms with Crippen LogP contribution < -0.4 is 9.80 Å². The molecule has 1 saturated heterocycles. The summed E-state index contributed by atoms with van der Waals surface area (Å²) in [7, 11) is 0. The second kappa shape index (κ2) is 5.99. The summed E-state index contributed by atoms with van der Waals surface area (Å²) in [5.41, 5.74) is 0.874. The fourth-order valence-electron chi connectivity index (χ4n) is 2.48. The Kier molecular flexibility index (Phi) is 3.87. The van der Waals surface area contributed by atoms with Gasteiger partial charge >= 0.3 is 0 Å². The van der Waals surface area contributed by atoms with Gasteiger partial charge in [0.1, 0.15) is 18.8 Å². The smallest absolute Gasteiger partial charge is 0.269 e. The van der Waals surface area contributed by atoms with Gasteiger partial charge in [0, 0.05) is 23.5 Å². The van der Waals surface area contributed by atoms with Gasteiger partial charge in [-0.25, -0.2) is 0 Å². The molecule has 1 fully saturated rings. The number of benzene rings is 2. The zero-order chi connectivity index (χ0) is 17.3. The lowest BCUT2D eigenvalue weighted by Crippen LogP contribution is -2.54. The Morgan fingerprint density at radius 3 is 1.67 bits per heavy atom. The molecular formula is C16H13N3O5. The molecule has 2 aromatic rings. The number of nitro benzene ring substituents is 1. The lowest BCUT2D eigenvalue weighted by Gasteiger charge is -2.33. The molecule has 1 aliphatic rings. The van der Waals surface area contributed by atoms with Crippen molar-refractivity contribution >= 4 is 28.9 Å². The molecule has 0 bridgehead atoms. The van der Waals surface area contributed by atoms with E-state index in [0.717, 1.165) is 0 Å². The van der Waals surface area contributed by atoms with E-state index in [2.05, 4.69) is 0 Å². The Morgan fingerprint density at radius 2 is 1.25 bits per heavy atom. The Bertz CT molecular complexity index is 801. The van der Waals surface area contributed by atoms with E-state index in [1.165, 1.54) is 46.2 Å². The molecule has 24 heavy (non-hydrogen) atoms. The third kappa shape index (κ3) is 2.89. The fraction of sp³-hybridized carbons (Fsp3) is 0.125. The molecule has 1 aliphatic heterocycles. The number of anilines is 2. The molecule has 2 aromatic carbocycles. The third-order valence-electron chi connectivity index (χ3n) is 3.72. The van der Waals surface area contributed by atoms with Crippen molar-refractivity contribution in [3.63, 3.8) is 0 Å². The van der Waals surface area contributed by atoms with E-state index in [4.69, 9.17) is 0 Å². The summed E-state index contributed by atoms with van der Waals surface area (Å²) in [6.07, 6.45) is 0. The Morgan fingerprint density at radius 1 is 0.833 bits per heavy atom. The summed E-state index contributed by atoms with van der Waals surface area (Å²) in [6.45, 7) is -0.294. The molecule has 0 aliphatic carbocycles. The van der Waals surface area contributed by atoms with Crippen LogP contribution in [0.4, 0.5) is 17.1 Å². The first-order chi connectivity index (χ1) is 11.5. The molecule has 1 N–H and O–H groups in total. The zero-order valence-electron chi connectivity index (χ0n) is 12.5. The number of non-ortho nitro benzene ring substituents is 1. The lowest BCUT2D eigenvalue weighted by molar-refractivity contribution is -0.384. The van der Waals surface area contributed by atoms with Gasteiger partial charge in [0.2, 0.25) is 11.8 Å². The van der Waals surface area contributed by atoms with Crippen LogP contribution in [-0.4, -0.2) is 34.9 Å². The van der Waals surface area contributed by atoms with Crippen molar-refractivity contribution in [2.24, 2.45) is 0 Å². The SMILES string of the molecule is O=C1CN(c2ccc([N+](=O)[O-])cc2)C(=O)CN1c1ccc(O)cc1. The minimum atomic E-state index is -0.528. The summed E-state index contributed by atoms with van der Waals surface area (Å²) in [5, 5.41) is 20.0. The molecule has 2 amide bonds. The highest BCUT2D eigenvalue weighted by Crippen LogP contribution is 2.25. The number of aromatic hydroxyl groups is 1. The Balaban J connectivity index is 1.80. The minimum absolute atomic E-state index is 0.0713. The van der Waals surface area contributed by atoms with Crippen LogP contribution in [0.1, 0.15) is 0 Å². The van der Waals surface area contributed by atoms with Gasteiger partial charge in [0.05, 0.1) is 4.92 Å². The molecule has 0 saturated carbocycles. The van der Waals surface area contributed by atoms with Gasteiger partial charge in [-0.3, -0.25) is 19.7 Å². The number of carbonyl (C=O) groups excluding carboxylic acids is 2. The predicted octanol–water partition coefficient (Wildman–Crippen LogP) is 1.68. The highest BCUT2D eigenvalue weighted by molar-refractivity contribution is 6.12. The molecule has 122 valence electrons. The average molecular weight is 327 g/mol. The normalized spacial score (nSPS) is 14.8. The van der Waals surface area contributed by atoms with E-state index >= 15 is 0 Å². The van der Waals surface area contributed by atoms with Crippen LogP contribution in [0.15, 0.2) is 48.5 Å². The van der Waals surface area contributed by atoms with Gasteiger partial charge in [0.15, 0.2) is 0 Å². The van der Waals surface area contributed by atoms with Crippen molar-refractivity contribution in [3.05, 3.63) is 58.6 Å². The van der Waals surface area contributed by atoms with Crippen molar-refractivity contribution < 1.29 is 19.6 Å². The van der Waals surface area contributed by atoms with Crippen LogP contribution in [0.25, 0.3) is 0 Å². The maximum absolute atomic E-state index is 12.4. The van der Waals surface area contributed by atoms with Crippen molar-refractivity contribution in [2.45, 2.75) is 0 Å². The lowest BCUT2D eigenvalue weighted by atomic mass is 10.2. The predicted molar refractivity (Wildman–Crippen MR) is 85.9 cm³/mol. The van der Waals surface area contributed by atoms with E-state index in [1.807, 2.05) is 0 Å². The highest BCUT2D eigenvalue weighted by Gasteiger charge is 2.31. The molecule has 1 heterocycles. The van der Waals surface area contributed by atoms with E-state index in [0.29, 0.717) is 11.4 Å². The first kappa shape index (κ1) is 15.5. The number of hydrogen-bond donors (Lipinski definition) is 1. The first-order valence-electron chi connectivity index (χ1n) is 7.10. The van der Waals surface area contributed by atoms with Gasteiger partial charge in [0.25, 0.3) is 5.69 Å². The van der Waals surface area contributed by atoms with Crippen LogP contribution in [0.5, 0.6) is 5.75 Å². The van der Waals surface area contributed by atoms with Crippen LogP contribution in [0.3, 0.4) is 0 Å². The Hall–Kier alpha value is -3.42. The van der Waals surface area contributed by atoms with Crippen molar-refractivity contribution in [1.82, 2.24) is 0 Å². The third-order valence-corrected chi connectivity index (χ3v) is 3.72. The van der Waals surface area contributed by atoms with Crippen molar-refractivity contribution in [2.75, 3.05) is 22.9 Å². The number of nitrogens with zero attached hydrogens (tertiary/aromatic N) is 3. The maximum Gasteiger partial charge on any atom is 0.269 e. The zero-order valence-corrected chi connectivity index (χ0v) is 12.5.